The number of hydrazine groups is 1. The quantitative estimate of drug-likeness (QED) is 0.565. The molecule has 1 fully saturated rings. The third-order valence-electron chi connectivity index (χ3n) is 3.53. The number of carbonyl (C=O) groups excluding carboxylic acids is 2. The van der Waals surface area contributed by atoms with E-state index in [4.69, 9.17) is 17.0 Å². The summed E-state index contributed by atoms with van der Waals surface area (Å²) >= 11 is 9.68. The summed E-state index contributed by atoms with van der Waals surface area (Å²) in [5.41, 5.74) is 3.83. The number of halogens is 1. The first-order valence-corrected chi connectivity index (χ1v) is 9.48. The summed E-state index contributed by atoms with van der Waals surface area (Å²) in [4.78, 5) is 25.3. The summed E-state index contributed by atoms with van der Waals surface area (Å²) in [6, 6.07) is 14.1. The van der Waals surface area contributed by atoms with Gasteiger partial charge in [0, 0.05) is 10.0 Å². The number of benzene rings is 2. The van der Waals surface area contributed by atoms with Gasteiger partial charge in [-0.15, -0.1) is 0 Å². The van der Waals surface area contributed by atoms with Crippen molar-refractivity contribution in [3.8, 4) is 5.75 Å². The molecule has 2 amide bonds. The average Bonchev–Trinajstić information content (AvgIpc) is 2.90. The SMILES string of the molecule is COc1ccc(/C=C2/SC(=S)N(NC(=O)c3ccc(Br)cc3)C2=O)cc1. The van der Waals surface area contributed by atoms with E-state index in [0.29, 0.717) is 10.5 Å². The van der Waals surface area contributed by atoms with Gasteiger partial charge in [0.1, 0.15) is 5.75 Å². The van der Waals surface area contributed by atoms with Crippen LogP contribution in [0.25, 0.3) is 6.08 Å². The molecular weight excluding hydrogens is 436 g/mol. The van der Waals surface area contributed by atoms with Crippen LogP contribution in [0.2, 0.25) is 0 Å². The molecule has 1 aliphatic rings. The Morgan fingerprint density at radius 1 is 1.19 bits per heavy atom. The summed E-state index contributed by atoms with van der Waals surface area (Å²) in [6.07, 6.45) is 1.73. The van der Waals surface area contributed by atoms with Crippen molar-refractivity contribution in [2.24, 2.45) is 0 Å². The minimum Gasteiger partial charge on any atom is -0.497 e. The highest BCUT2D eigenvalue weighted by molar-refractivity contribution is 9.10. The summed E-state index contributed by atoms with van der Waals surface area (Å²) in [5.74, 6) is -0.0303. The topological polar surface area (TPSA) is 58.6 Å². The molecule has 5 nitrogen and oxygen atoms in total. The molecule has 132 valence electrons. The van der Waals surface area contributed by atoms with Crippen molar-refractivity contribution < 1.29 is 14.3 Å². The number of hydrogen-bond acceptors (Lipinski definition) is 5. The van der Waals surface area contributed by atoms with Crippen LogP contribution >= 0.6 is 39.9 Å². The van der Waals surface area contributed by atoms with Crippen LogP contribution in [0.3, 0.4) is 0 Å². The van der Waals surface area contributed by atoms with Crippen molar-refractivity contribution in [3.63, 3.8) is 0 Å². The largest absolute Gasteiger partial charge is 0.497 e. The molecule has 1 N–H and O–H groups in total. The number of ether oxygens (including phenoxy) is 1. The van der Waals surface area contributed by atoms with Crippen molar-refractivity contribution in [2.75, 3.05) is 7.11 Å². The Balaban J connectivity index is 1.74. The van der Waals surface area contributed by atoms with Crippen LogP contribution in [0.15, 0.2) is 57.9 Å². The van der Waals surface area contributed by atoms with E-state index >= 15 is 0 Å². The molecule has 0 bridgehead atoms. The molecule has 0 saturated carbocycles. The molecule has 0 spiro atoms. The van der Waals surface area contributed by atoms with Crippen LogP contribution in [0, 0.1) is 0 Å². The van der Waals surface area contributed by atoms with Gasteiger partial charge in [0.05, 0.1) is 12.0 Å². The number of hydrogen-bond donors (Lipinski definition) is 1. The van der Waals surface area contributed by atoms with Gasteiger partial charge in [0.25, 0.3) is 11.8 Å². The van der Waals surface area contributed by atoms with E-state index in [1.165, 1.54) is 0 Å². The lowest BCUT2D eigenvalue weighted by Crippen LogP contribution is -2.44. The molecule has 0 atom stereocenters. The van der Waals surface area contributed by atoms with Crippen LogP contribution in [0.4, 0.5) is 0 Å². The lowest BCUT2D eigenvalue weighted by Gasteiger charge is -2.15. The second-order valence-electron chi connectivity index (χ2n) is 5.24. The maximum atomic E-state index is 12.6. The molecule has 1 aliphatic heterocycles. The van der Waals surface area contributed by atoms with E-state index < -0.39 is 5.91 Å². The van der Waals surface area contributed by atoms with Crippen molar-refractivity contribution in [1.29, 1.82) is 0 Å². The van der Waals surface area contributed by atoms with Crippen molar-refractivity contribution >= 4 is 62.1 Å². The van der Waals surface area contributed by atoms with Gasteiger partial charge in [0.2, 0.25) is 0 Å². The van der Waals surface area contributed by atoms with Gasteiger partial charge >= 0.3 is 0 Å². The molecule has 2 aromatic carbocycles. The number of amides is 2. The number of carbonyl (C=O) groups is 2. The lowest BCUT2D eigenvalue weighted by molar-refractivity contribution is -0.123. The zero-order valence-corrected chi connectivity index (χ0v) is 16.8. The number of nitrogens with one attached hydrogen (secondary N) is 1. The predicted octanol–water partition coefficient (Wildman–Crippen LogP) is 4.00. The minimum absolute atomic E-state index is 0.278. The first-order chi connectivity index (χ1) is 12.5. The third-order valence-corrected chi connectivity index (χ3v) is 5.36. The predicted molar refractivity (Wildman–Crippen MR) is 110 cm³/mol. The second-order valence-corrected chi connectivity index (χ2v) is 7.83. The highest BCUT2D eigenvalue weighted by Gasteiger charge is 2.33. The van der Waals surface area contributed by atoms with Crippen LogP contribution < -0.4 is 10.2 Å². The smallest absolute Gasteiger partial charge is 0.285 e. The Labute approximate surface area is 168 Å². The first kappa shape index (κ1) is 18.6. The molecule has 0 unspecified atom stereocenters. The Morgan fingerprint density at radius 2 is 1.85 bits per heavy atom. The second kappa shape index (κ2) is 8.03. The van der Waals surface area contributed by atoms with E-state index in [0.717, 1.165) is 32.6 Å². The Morgan fingerprint density at radius 3 is 2.46 bits per heavy atom. The van der Waals surface area contributed by atoms with E-state index in [2.05, 4.69) is 21.4 Å². The highest BCUT2D eigenvalue weighted by Crippen LogP contribution is 2.31. The maximum absolute atomic E-state index is 12.6. The Hall–Kier alpha value is -2.16. The van der Waals surface area contributed by atoms with E-state index in [1.54, 1.807) is 37.5 Å². The monoisotopic (exact) mass is 448 g/mol. The first-order valence-electron chi connectivity index (χ1n) is 7.46. The molecule has 8 heteroatoms. The zero-order chi connectivity index (χ0) is 18.7. The minimum atomic E-state index is -0.403. The molecule has 2 aromatic rings. The number of thiocarbonyl (C=S) groups is 1. The third kappa shape index (κ3) is 4.14. The van der Waals surface area contributed by atoms with Crippen LogP contribution in [0.5, 0.6) is 5.75 Å². The Kier molecular flexibility index (Phi) is 5.75. The number of methoxy groups -OCH3 is 1. The van der Waals surface area contributed by atoms with E-state index in [9.17, 15) is 9.59 Å². The van der Waals surface area contributed by atoms with Crippen LogP contribution in [-0.4, -0.2) is 28.3 Å². The number of thioether (sulfide) groups is 1. The normalized spacial score (nSPS) is 15.5. The van der Waals surface area contributed by atoms with Crippen molar-refractivity contribution in [1.82, 2.24) is 10.4 Å². The summed E-state index contributed by atoms with van der Waals surface area (Å²) < 4.78 is 6.26. The van der Waals surface area contributed by atoms with Crippen LogP contribution in [-0.2, 0) is 4.79 Å². The number of nitrogens with zero attached hydrogens (tertiary/aromatic N) is 1. The standard InChI is InChI=1S/C18H13BrN2O3S2/c1-24-14-8-2-11(3-9-14)10-15-17(23)21(18(25)26-15)20-16(22)12-4-6-13(19)7-5-12/h2-10H,1H3,(H,20,22)/b15-10+. The molecule has 0 radical (unpaired) electrons. The van der Waals surface area contributed by atoms with Gasteiger partial charge < -0.3 is 4.74 Å². The fraction of sp³-hybridized carbons (Fsp3) is 0.0556. The molecule has 1 heterocycles. The molecule has 26 heavy (non-hydrogen) atoms. The summed E-state index contributed by atoms with van der Waals surface area (Å²) in [6.45, 7) is 0. The molecule has 1 saturated heterocycles. The van der Waals surface area contributed by atoms with Gasteiger partial charge in [-0.05, 0) is 60.3 Å². The average molecular weight is 449 g/mol. The number of rotatable bonds is 4. The van der Waals surface area contributed by atoms with Crippen LogP contribution in [0.1, 0.15) is 15.9 Å². The fourth-order valence-electron chi connectivity index (χ4n) is 2.18. The van der Waals surface area contributed by atoms with Gasteiger partial charge in [-0.2, -0.15) is 5.01 Å². The molecule has 0 aliphatic carbocycles. The lowest BCUT2D eigenvalue weighted by atomic mass is 10.2. The van der Waals surface area contributed by atoms with Gasteiger partial charge in [-0.3, -0.25) is 15.0 Å². The van der Waals surface area contributed by atoms with Crippen molar-refractivity contribution in [3.05, 3.63) is 69.0 Å². The summed E-state index contributed by atoms with van der Waals surface area (Å²) in [5, 5.41) is 1.10. The van der Waals surface area contributed by atoms with E-state index in [1.807, 2.05) is 24.3 Å². The molecule has 3 rings (SSSR count). The Bertz CT molecular complexity index is 896. The van der Waals surface area contributed by atoms with Crippen molar-refractivity contribution in [2.45, 2.75) is 0 Å². The van der Waals surface area contributed by atoms with Gasteiger partial charge in [0.15, 0.2) is 4.32 Å². The highest BCUT2D eigenvalue weighted by atomic mass is 79.9. The van der Waals surface area contributed by atoms with Gasteiger partial charge in [-0.25, -0.2) is 0 Å². The molecular formula is C18H13BrN2O3S2. The fourth-order valence-corrected chi connectivity index (χ4v) is 3.63. The summed E-state index contributed by atoms with van der Waals surface area (Å²) in [7, 11) is 1.59. The van der Waals surface area contributed by atoms with Gasteiger partial charge in [-0.1, -0.05) is 39.8 Å². The zero-order valence-electron chi connectivity index (χ0n) is 13.6. The molecule has 0 aromatic heterocycles. The van der Waals surface area contributed by atoms with E-state index in [-0.39, 0.29) is 10.2 Å². The maximum Gasteiger partial charge on any atom is 0.285 e.